The van der Waals surface area contributed by atoms with E-state index in [1.54, 1.807) is 12.4 Å². The fraction of sp³-hybridized carbons (Fsp3) is 0.353. The van der Waals surface area contributed by atoms with Crippen molar-refractivity contribution in [1.82, 2.24) is 10.3 Å². The molecule has 1 atom stereocenters. The number of halogens is 2. The molecule has 2 aromatic rings. The number of aryl methyl sites for hydroxylation is 1. The first-order valence-corrected chi connectivity index (χ1v) is 7.28. The fourth-order valence-corrected chi connectivity index (χ4v) is 2.33. The topological polar surface area (TPSA) is 24.9 Å². The van der Waals surface area contributed by atoms with Crippen LogP contribution in [0.25, 0.3) is 0 Å². The Kier molecular flexibility index (Phi) is 5.81. The van der Waals surface area contributed by atoms with Crippen molar-refractivity contribution >= 4 is 0 Å². The molecule has 2 nitrogen and oxygen atoms in total. The van der Waals surface area contributed by atoms with E-state index in [1.807, 2.05) is 12.1 Å². The number of hydrogen-bond acceptors (Lipinski definition) is 2. The van der Waals surface area contributed by atoms with Gasteiger partial charge in [0.15, 0.2) is 0 Å². The molecule has 0 fully saturated rings. The summed E-state index contributed by atoms with van der Waals surface area (Å²) in [5.41, 5.74) is 1.54. The summed E-state index contributed by atoms with van der Waals surface area (Å²) >= 11 is 0. The van der Waals surface area contributed by atoms with Crippen LogP contribution < -0.4 is 5.32 Å². The quantitative estimate of drug-likeness (QED) is 0.832. The van der Waals surface area contributed by atoms with Gasteiger partial charge in [-0.05, 0) is 61.7 Å². The zero-order chi connectivity index (χ0) is 15.1. The number of nitrogens with one attached hydrogen (secondary N) is 1. The fourth-order valence-electron chi connectivity index (χ4n) is 2.33. The minimum atomic E-state index is -0.404. The third-order valence-electron chi connectivity index (χ3n) is 3.45. The van der Waals surface area contributed by atoms with E-state index in [4.69, 9.17) is 0 Å². The van der Waals surface area contributed by atoms with Gasteiger partial charge in [0.1, 0.15) is 11.6 Å². The normalized spacial score (nSPS) is 12.3. The van der Waals surface area contributed by atoms with Gasteiger partial charge in [0.2, 0.25) is 0 Å². The third kappa shape index (κ3) is 4.60. The Labute approximate surface area is 124 Å². The number of nitrogens with zero attached hydrogens (tertiary/aromatic N) is 1. The van der Waals surface area contributed by atoms with Crippen molar-refractivity contribution in [2.75, 3.05) is 6.54 Å². The molecular formula is C17H20F2N2. The summed E-state index contributed by atoms with van der Waals surface area (Å²) < 4.78 is 27.3. The standard InChI is InChI=1S/C17H20F2N2/c1-2-9-21-17(6-3-13-7-10-20-11-8-13)15-12-14(18)4-5-16(15)19/h4-5,7-8,10-12,17,21H,2-3,6,9H2,1H3. The van der Waals surface area contributed by atoms with Gasteiger partial charge in [0.25, 0.3) is 0 Å². The van der Waals surface area contributed by atoms with E-state index in [9.17, 15) is 8.78 Å². The maximum Gasteiger partial charge on any atom is 0.128 e. The zero-order valence-corrected chi connectivity index (χ0v) is 12.2. The number of aromatic nitrogens is 1. The van der Waals surface area contributed by atoms with Gasteiger partial charge < -0.3 is 5.32 Å². The Morgan fingerprint density at radius 1 is 1.14 bits per heavy atom. The van der Waals surface area contributed by atoms with Gasteiger partial charge in [-0.25, -0.2) is 8.78 Å². The van der Waals surface area contributed by atoms with Crippen LogP contribution >= 0.6 is 0 Å². The molecule has 0 saturated heterocycles. The molecule has 1 heterocycles. The molecule has 1 unspecified atom stereocenters. The second kappa shape index (κ2) is 7.84. The molecule has 0 radical (unpaired) electrons. The van der Waals surface area contributed by atoms with E-state index in [0.29, 0.717) is 12.0 Å². The molecule has 0 aliphatic heterocycles. The molecule has 112 valence electrons. The number of benzene rings is 1. The summed E-state index contributed by atoms with van der Waals surface area (Å²) in [6.45, 7) is 2.83. The maximum atomic E-state index is 14.0. The Balaban J connectivity index is 2.12. The highest BCUT2D eigenvalue weighted by molar-refractivity contribution is 5.23. The molecule has 0 spiro atoms. The average molecular weight is 290 g/mol. The molecule has 2 rings (SSSR count). The Morgan fingerprint density at radius 3 is 2.62 bits per heavy atom. The first kappa shape index (κ1) is 15.6. The van der Waals surface area contributed by atoms with E-state index >= 15 is 0 Å². The lowest BCUT2D eigenvalue weighted by Crippen LogP contribution is -2.24. The van der Waals surface area contributed by atoms with Crippen LogP contribution in [-0.4, -0.2) is 11.5 Å². The van der Waals surface area contributed by atoms with Crippen LogP contribution in [-0.2, 0) is 6.42 Å². The molecule has 1 N–H and O–H groups in total. The van der Waals surface area contributed by atoms with E-state index in [1.165, 1.54) is 12.1 Å². The first-order chi connectivity index (χ1) is 10.2. The van der Waals surface area contributed by atoms with Crippen LogP contribution in [0.15, 0.2) is 42.7 Å². The minimum Gasteiger partial charge on any atom is -0.310 e. The van der Waals surface area contributed by atoms with Crippen molar-refractivity contribution < 1.29 is 8.78 Å². The van der Waals surface area contributed by atoms with Gasteiger partial charge in [-0.1, -0.05) is 6.92 Å². The van der Waals surface area contributed by atoms with Crippen LogP contribution in [0.2, 0.25) is 0 Å². The van der Waals surface area contributed by atoms with Crippen LogP contribution in [0.5, 0.6) is 0 Å². The molecule has 0 aliphatic rings. The van der Waals surface area contributed by atoms with Crippen molar-refractivity contribution in [1.29, 1.82) is 0 Å². The van der Waals surface area contributed by atoms with Crippen molar-refractivity contribution in [2.45, 2.75) is 32.2 Å². The largest absolute Gasteiger partial charge is 0.310 e. The third-order valence-corrected chi connectivity index (χ3v) is 3.45. The highest BCUT2D eigenvalue weighted by Crippen LogP contribution is 2.23. The second-order valence-electron chi connectivity index (χ2n) is 5.07. The van der Waals surface area contributed by atoms with Crippen LogP contribution in [0.3, 0.4) is 0 Å². The molecular weight excluding hydrogens is 270 g/mol. The SMILES string of the molecule is CCCNC(CCc1ccncc1)c1cc(F)ccc1F. The predicted molar refractivity (Wildman–Crippen MR) is 80.0 cm³/mol. The van der Waals surface area contributed by atoms with Crippen LogP contribution in [0.4, 0.5) is 8.78 Å². The van der Waals surface area contributed by atoms with Crippen LogP contribution in [0, 0.1) is 11.6 Å². The summed E-state index contributed by atoms with van der Waals surface area (Å²) in [5.74, 6) is -0.765. The molecule has 1 aromatic heterocycles. The molecule has 4 heteroatoms. The highest BCUT2D eigenvalue weighted by Gasteiger charge is 2.16. The highest BCUT2D eigenvalue weighted by atomic mass is 19.1. The second-order valence-corrected chi connectivity index (χ2v) is 5.07. The van der Waals surface area contributed by atoms with Crippen molar-refractivity contribution in [2.24, 2.45) is 0 Å². The van der Waals surface area contributed by atoms with Gasteiger partial charge in [-0.2, -0.15) is 0 Å². The Hall–Kier alpha value is -1.81. The number of pyridine rings is 1. The van der Waals surface area contributed by atoms with Gasteiger partial charge in [-0.15, -0.1) is 0 Å². The summed E-state index contributed by atoms with van der Waals surface area (Å²) in [7, 11) is 0. The molecule has 0 amide bonds. The number of rotatable bonds is 7. The van der Waals surface area contributed by atoms with Crippen molar-refractivity contribution in [3.8, 4) is 0 Å². The summed E-state index contributed by atoms with van der Waals surface area (Å²) in [6, 6.07) is 7.33. The van der Waals surface area contributed by atoms with Gasteiger partial charge in [0.05, 0.1) is 0 Å². The molecule has 21 heavy (non-hydrogen) atoms. The summed E-state index contributed by atoms with van der Waals surface area (Å²) in [6.07, 6.45) is 5.94. The van der Waals surface area contributed by atoms with Gasteiger partial charge in [0, 0.05) is 24.0 Å². The lowest BCUT2D eigenvalue weighted by Gasteiger charge is -2.20. The Morgan fingerprint density at radius 2 is 1.90 bits per heavy atom. The minimum absolute atomic E-state index is 0.186. The summed E-state index contributed by atoms with van der Waals surface area (Å²) in [4.78, 5) is 3.98. The van der Waals surface area contributed by atoms with E-state index in [2.05, 4.69) is 17.2 Å². The molecule has 1 aromatic carbocycles. The summed E-state index contributed by atoms with van der Waals surface area (Å²) in [5, 5.41) is 3.30. The molecule has 0 saturated carbocycles. The van der Waals surface area contributed by atoms with E-state index < -0.39 is 5.82 Å². The zero-order valence-electron chi connectivity index (χ0n) is 12.2. The lowest BCUT2D eigenvalue weighted by atomic mass is 9.98. The van der Waals surface area contributed by atoms with E-state index in [0.717, 1.165) is 31.0 Å². The molecule has 0 aliphatic carbocycles. The van der Waals surface area contributed by atoms with Crippen LogP contribution in [0.1, 0.15) is 36.9 Å². The van der Waals surface area contributed by atoms with Crippen molar-refractivity contribution in [3.63, 3.8) is 0 Å². The lowest BCUT2D eigenvalue weighted by molar-refractivity contribution is 0.469. The predicted octanol–water partition coefficient (Wildman–Crippen LogP) is 4.03. The average Bonchev–Trinajstić information content (AvgIpc) is 2.51. The number of hydrogen-bond donors (Lipinski definition) is 1. The monoisotopic (exact) mass is 290 g/mol. The first-order valence-electron chi connectivity index (χ1n) is 7.28. The maximum absolute atomic E-state index is 14.0. The van der Waals surface area contributed by atoms with Gasteiger partial charge in [-0.3, -0.25) is 4.98 Å². The van der Waals surface area contributed by atoms with E-state index in [-0.39, 0.29) is 11.9 Å². The molecule has 0 bridgehead atoms. The van der Waals surface area contributed by atoms with Crippen molar-refractivity contribution in [3.05, 3.63) is 65.5 Å². The van der Waals surface area contributed by atoms with Gasteiger partial charge >= 0.3 is 0 Å². The smallest absolute Gasteiger partial charge is 0.128 e. The Bertz CT molecular complexity index is 558.